The van der Waals surface area contributed by atoms with Crippen molar-refractivity contribution >= 4 is 5.91 Å². The second-order valence-corrected chi connectivity index (χ2v) is 7.40. The van der Waals surface area contributed by atoms with Crippen LogP contribution in [-0.4, -0.2) is 35.7 Å². The first-order valence-electron chi connectivity index (χ1n) is 9.86. The zero-order valence-corrected chi connectivity index (χ0v) is 16.2. The molecule has 7 nitrogen and oxygen atoms in total. The van der Waals surface area contributed by atoms with Crippen molar-refractivity contribution in [3.05, 3.63) is 65.7 Å². The monoisotopic (exact) mass is 401 g/mol. The highest BCUT2D eigenvalue weighted by atomic mass is 16.7. The van der Waals surface area contributed by atoms with Crippen LogP contribution in [-0.2, 0) is 0 Å². The van der Waals surface area contributed by atoms with Crippen molar-refractivity contribution in [3.8, 4) is 28.9 Å². The molecule has 0 radical (unpaired) electrons. The normalized spacial score (nSPS) is 15.8. The molecule has 2 aliphatic rings. The zero-order chi connectivity index (χ0) is 20.5. The molecule has 1 saturated heterocycles. The van der Waals surface area contributed by atoms with E-state index < -0.39 is 0 Å². The Hall–Kier alpha value is -3.79. The summed E-state index contributed by atoms with van der Waals surface area (Å²) in [5, 5.41) is 8.94. The molecular formula is C23H19N3O4. The number of hydrogen-bond donors (Lipinski definition) is 0. The van der Waals surface area contributed by atoms with Gasteiger partial charge in [-0.3, -0.25) is 4.79 Å². The minimum absolute atomic E-state index is 0.0967. The number of fused-ring (bicyclic) bond motifs is 1. The minimum atomic E-state index is -0.194. The first-order valence-corrected chi connectivity index (χ1v) is 9.86. The van der Waals surface area contributed by atoms with Crippen LogP contribution in [0.25, 0.3) is 11.3 Å². The molecule has 0 unspecified atom stereocenters. The molecule has 5 rings (SSSR count). The van der Waals surface area contributed by atoms with Crippen molar-refractivity contribution in [1.29, 1.82) is 5.26 Å². The van der Waals surface area contributed by atoms with Crippen molar-refractivity contribution in [1.82, 2.24) is 9.88 Å². The van der Waals surface area contributed by atoms with Crippen LogP contribution in [0.4, 0.5) is 0 Å². The molecule has 2 aromatic carbocycles. The van der Waals surface area contributed by atoms with Gasteiger partial charge in [0.15, 0.2) is 17.3 Å². The summed E-state index contributed by atoms with van der Waals surface area (Å²) in [5.41, 5.74) is 2.65. The van der Waals surface area contributed by atoms with Gasteiger partial charge in [-0.2, -0.15) is 5.26 Å². The van der Waals surface area contributed by atoms with E-state index in [0.717, 1.165) is 18.4 Å². The van der Waals surface area contributed by atoms with Crippen LogP contribution in [0.5, 0.6) is 11.5 Å². The Bertz CT molecular complexity index is 1120. The lowest BCUT2D eigenvalue weighted by Crippen LogP contribution is -2.38. The molecule has 0 aliphatic carbocycles. The molecule has 3 aromatic rings. The largest absolute Gasteiger partial charge is 0.454 e. The van der Waals surface area contributed by atoms with Gasteiger partial charge in [0, 0.05) is 18.7 Å². The van der Waals surface area contributed by atoms with E-state index in [2.05, 4.69) is 11.1 Å². The van der Waals surface area contributed by atoms with Crippen LogP contribution < -0.4 is 9.47 Å². The van der Waals surface area contributed by atoms with E-state index in [1.807, 2.05) is 42.5 Å². The fourth-order valence-corrected chi connectivity index (χ4v) is 3.94. The molecule has 0 bridgehead atoms. The van der Waals surface area contributed by atoms with Crippen LogP contribution in [0.1, 0.15) is 40.6 Å². The number of nitrogens with zero attached hydrogens (tertiary/aromatic N) is 3. The van der Waals surface area contributed by atoms with Gasteiger partial charge in [-0.1, -0.05) is 12.1 Å². The smallest absolute Gasteiger partial charge is 0.309 e. The van der Waals surface area contributed by atoms with E-state index in [1.54, 1.807) is 11.1 Å². The van der Waals surface area contributed by atoms with Crippen LogP contribution in [0.15, 0.2) is 53.1 Å². The van der Waals surface area contributed by atoms with E-state index in [0.29, 0.717) is 41.8 Å². The fourth-order valence-electron chi connectivity index (χ4n) is 3.94. The predicted octanol–water partition coefficient (Wildman–Crippen LogP) is 3.96. The third kappa shape index (κ3) is 3.37. The maximum Gasteiger partial charge on any atom is 0.309 e. The fraction of sp³-hybridized carbons (Fsp3) is 0.261. The molecule has 150 valence electrons. The number of hydrogen-bond acceptors (Lipinski definition) is 6. The molecule has 3 heterocycles. The zero-order valence-electron chi connectivity index (χ0n) is 16.2. The molecule has 0 saturated carbocycles. The van der Waals surface area contributed by atoms with E-state index in [1.165, 1.54) is 5.56 Å². The molecule has 2 aliphatic heterocycles. The van der Waals surface area contributed by atoms with E-state index in [9.17, 15) is 4.79 Å². The predicted molar refractivity (Wildman–Crippen MR) is 107 cm³/mol. The average Bonchev–Trinajstić information content (AvgIpc) is 3.48. The van der Waals surface area contributed by atoms with Crippen LogP contribution >= 0.6 is 0 Å². The van der Waals surface area contributed by atoms with Gasteiger partial charge in [0.2, 0.25) is 6.79 Å². The molecule has 0 N–H and O–H groups in total. The second-order valence-electron chi connectivity index (χ2n) is 7.40. The van der Waals surface area contributed by atoms with Crippen LogP contribution in [0.3, 0.4) is 0 Å². The maximum atomic E-state index is 12.8. The first kappa shape index (κ1) is 18.3. The molecule has 1 amide bonds. The van der Waals surface area contributed by atoms with E-state index in [-0.39, 0.29) is 18.6 Å². The number of amides is 1. The van der Waals surface area contributed by atoms with Crippen molar-refractivity contribution in [2.75, 3.05) is 19.9 Å². The third-order valence-electron chi connectivity index (χ3n) is 5.64. The number of oxazole rings is 1. The lowest BCUT2D eigenvalue weighted by molar-refractivity contribution is 0.0673. The Balaban J connectivity index is 1.24. The molecule has 7 heteroatoms. The summed E-state index contributed by atoms with van der Waals surface area (Å²) >= 11 is 0. The highest BCUT2D eigenvalue weighted by molar-refractivity contribution is 5.90. The summed E-state index contributed by atoms with van der Waals surface area (Å²) in [6.45, 7) is 1.49. The van der Waals surface area contributed by atoms with Gasteiger partial charge >= 0.3 is 5.91 Å². The van der Waals surface area contributed by atoms with Crippen molar-refractivity contribution in [2.24, 2.45) is 0 Å². The van der Waals surface area contributed by atoms with Gasteiger partial charge < -0.3 is 18.8 Å². The molecule has 0 atom stereocenters. The average molecular weight is 401 g/mol. The lowest BCUT2D eigenvalue weighted by atomic mass is 9.89. The number of rotatable bonds is 3. The Morgan fingerprint density at radius 3 is 2.60 bits per heavy atom. The number of nitriles is 1. The van der Waals surface area contributed by atoms with Gasteiger partial charge in [0.1, 0.15) is 0 Å². The van der Waals surface area contributed by atoms with E-state index in [4.69, 9.17) is 19.2 Å². The second kappa shape index (κ2) is 7.56. The maximum absolute atomic E-state index is 12.8. The Kier molecular flexibility index (Phi) is 4.60. The van der Waals surface area contributed by atoms with Gasteiger partial charge in [-0.25, -0.2) is 4.98 Å². The SMILES string of the molecule is N#Cc1ccc(C2CCN(C(=O)c3ncc(-c4ccc5c(c4)OCO5)o3)CC2)cc1. The minimum Gasteiger partial charge on any atom is -0.454 e. The highest BCUT2D eigenvalue weighted by Gasteiger charge is 2.27. The standard InChI is InChI=1S/C23H19N3O4/c24-12-15-1-3-16(4-2-15)17-7-9-26(10-8-17)23(27)22-25-13-21(30-22)18-5-6-19-20(11-18)29-14-28-19/h1-6,11,13,17H,7-10,14H2. The van der Waals surface area contributed by atoms with Crippen LogP contribution in [0.2, 0.25) is 0 Å². The number of ether oxygens (including phenoxy) is 2. The summed E-state index contributed by atoms with van der Waals surface area (Å²) in [7, 11) is 0. The Labute approximate surface area is 173 Å². The van der Waals surface area contributed by atoms with Crippen molar-refractivity contribution < 1.29 is 18.7 Å². The lowest BCUT2D eigenvalue weighted by Gasteiger charge is -2.31. The molecule has 1 aromatic heterocycles. The Morgan fingerprint density at radius 1 is 1.07 bits per heavy atom. The number of carbonyl (C=O) groups is 1. The summed E-state index contributed by atoms with van der Waals surface area (Å²) < 4.78 is 16.5. The van der Waals surface area contributed by atoms with Gasteiger partial charge in [0.25, 0.3) is 5.89 Å². The number of carbonyl (C=O) groups excluding carboxylic acids is 1. The number of likely N-dealkylation sites (tertiary alicyclic amines) is 1. The molecule has 1 fully saturated rings. The highest BCUT2D eigenvalue weighted by Crippen LogP contribution is 2.36. The number of piperidine rings is 1. The van der Waals surface area contributed by atoms with Gasteiger partial charge in [-0.15, -0.1) is 0 Å². The summed E-state index contributed by atoms with van der Waals surface area (Å²) in [5.74, 6) is 2.15. The third-order valence-corrected chi connectivity index (χ3v) is 5.64. The van der Waals surface area contributed by atoms with Crippen molar-refractivity contribution in [2.45, 2.75) is 18.8 Å². The summed E-state index contributed by atoms with van der Waals surface area (Å²) in [6.07, 6.45) is 3.30. The van der Waals surface area contributed by atoms with E-state index >= 15 is 0 Å². The molecule has 30 heavy (non-hydrogen) atoms. The number of aromatic nitrogens is 1. The van der Waals surface area contributed by atoms with Crippen molar-refractivity contribution in [3.63, 3.8) is 0 Å². The summed E-state index contributed by atoms with van der Waals surface area (Å²) in [4.78, 5) is 18.8. The van der Waals surface area contributed by atoms with Gasteiger partial charge in [-0.05, 0) is 54.7 Å². The Morgan fingerprint density at radius 2 is 1.83 bits per heavy atom. The molecular weight excluding hydrogens is 382 g/mol. The first-order chi connectivity index (χ1) is 14.7. The summed E-state index contributed by atoms with van der Waals surface area (Å²) in [6, 6.07) is 15.3. The topological polar surface area (TPSA) is 88.6 Å². The van der Waals surface area contributed by atoms with Gasteiger partial charge in [0.05, 0.1) is 17.8 Å². The van der Waals surface area contributed by atoms with Crippen LogP contribution in [0, 0.1) is 11.3 Å². The quantitative estimate of drug-likeness (QED) is 0.660. The molecule has 0 spiro atoms. The number of benzene rings is 2.